The number of primary sulfonamides is 1. The number of carbonyl (C=O) groups is 1. The summed E-state index contributed by atoms with van der Waals surface area (Å²) in [5, 5.41) is 9.89. The van der Waals surface area contributed by atoms with E-state index in [-0.39, 0.29) is 10.6 Å². The molecule has 0 aliphatic rings. The Labute approximate surface area is 184 Å². The van der Waals surface area contributed by atoms with Gasteiger partial charge in [-0.2, -0.15) is 5.10 Å². The average molecular weight is 449 g/mol. The molecule has 0 aliphatic carbocycles. The van der Waals surface area contributed by atoms with E-state index in [0.29, 0.717) is 16.5 Å². The van der Waals surface area contributed by atoms with Gasteiger partial charge in [-0.05, 0) is 53.6 Å². The van der Waals surface area contributed by atoms with Crippen LogP contribution in [0.4, 0.5) is 0 Å². The van der Waals surface area contributed by atoms with Gasteiger partial charge in [0.1, 0.15) is 11.4 Å². The van der Waals surface area contributed by atoms with Gasteiger partial charge in [-0.1, -0.05) is 30.3 Å². The van der Waals surface area contributed by atoms with Crippen molar-refractivity contribution in [1.29, 1.82) is 0 Å². The molecule has 4 N–H and O–H groups in total. The minimum absolute atomic E-state index is 0.0364. The summed E-state index contributed by atoms with van der Waals surface area (Å²) < 4.78 is 28.8. The van der Waals surface area contributed by atoms with Crippen LogP contribution in [0.3, 0.4) is 0 Å². The van der Waals surface area contributed by atoms with Gasteiger partial charge in [0.25, 0.3) is 5.91 Å². The molecule has 0 saturated heterocycles. The Morgan fingerprint density at radius 3 is 2.44 bits per heavy atom. The van der Waals surface area contributed by atoms with Crippen LogP contribution in [0.25, 0.3) is 22.0 Å². The molecule has 9 heteroatoms. The van der Waals surface area contributed by atoms with Gasteiger partial charge in [0, 0.05) is 16.5 Å². The number of hydrogen-bond acceptors (Lipinski definition) is 5. The fraction of sp³-hybridized carbons (Fsp3) is 0.0435. The Morgan fingerprint density at radius 1 is 1.06 bits per heavy atom. The highest BCUT2D eigenvalue weighted by molar-refractivity contribution is 7.89. The van der Waals surface area contributed by atoms with Crippen molar-refractivity contribution in [2.75, 3.05) is 7.11 Å². The smallest absolute Gasteiger partial charge is 0.288 e. The normalized spacial score (nSPS) is 11.7. The average Bonchev–Trinajstić information content (AvgIpc) is 3.18. The first-order valence-electron chi connectivity index (χ1n) is 9.58. The lowest BCUT2D eigenvalue weighted by molar-refractivity contribution is 0.0951. The van der Waals surface area contributed by atoms with Crippen LogP contribution in [-0.4, -0.2) is 32.6 Å². The summed E-state index contributed by atoms with van der Waals surface area (Å²) in [5.41, 5.74) is 5.45. The molecule has 0 unspecified atom stereocenters. The van der Waals surface area contributed by atoms with Crippen molar-refractivity contribution in [2.45, 2.75) is 4.90 Å². The lowest BCUT2D eigenvalue weighted by atomic mass is 10.0. The van der Waals surface area contributed by atoms with Crippen molar-refractivity contribution in [3.8, 4) is 16.9 Å². The number of nitrogens with one attached hydrogen (secondary N) is 2. The molecule has 0 bridgehead atoms. The third-order valence-corrected chi connectivity index (χ3v) is 5.79. The van der Waals surface area contributed by atoms with Crippen molar-refractivity contribution in [1.82, 2.24) is 10.4 Å². The monoisotopic (exact) mass is 448 g/mol. The van der Waals surface area contributed by atoms with E-state index in [1.807, 2.05) is 42.5 Å². The zero-order chi connectivity index (χ0) is 22.7. The number of methoxy groups -OCH3 is 1. The number of nitrogens with two attached hydrogens (primary N) is 1. The fourth-order valence-corrected chi connectivity index (χ4v) is 3.87. The predicted octanol–water partition coefficient (Wildman–Crippen LogP) is 3.25. The molecule has 0 aliphatic heterocycles. The number of benzene rings is 3. The summed E-state index contributed by atoms with van der Waals surface area (Å²) in [6.45, 7) is 0. The van der Waals surface area contributed by atoms with Crippen molar-refractivity contribution in [3.63, 3.8) is 0 Å². The number of aromatic amines is 1. The second-order valence-corrected chi connectivity index (χ2v) is 8.53. The first kappa shape index (κ1) is 21.3. The molecule has 0 saturated carbocycles. The molecule has 1 heterocycles. The van der Waals surface area contributed by atoms with Gasteiger partial charge in [0.15, 0.2) is 0 Å². The number of rotatable bonds is 6. The van der Waals surface area contributed by atoms with Gasteiger partial charge in [-0.25, -0.2) is 19.0 Å². The topological polar surface area (TPSA) is 127 Å². The molecule has 0 radical (unpaired) electrons. The Kier molecular flexibility index (Phi) is 5.76. The summed E-state index contributed by atoms with van der Waals surface area (Å²) in [6.07, 6.45) is 1.52. The van der Waals surface area contributed by atoms with Gasteiger partial charge < -0.3 is 9.72 Å². The van der Waals surface area contributed by atoms with E-state index >= 15 is 0 Å². The Balaban J connectivity index is 1.72. The van der Waals surface area contributed by atoms with Crippen molar-refractivity contribution >= 4 is 33.0 Å². The highest BCUT2D eigenvalue weighted by atomic mass is 32.2. The molecule has 162 valence electrons. The van der Waals surface area contributed by atoms with Crippen LogP contribution in [0.1, 0.15) is 16.1 Å². The van der Waals surface area contributed by atoms with Crippen LogP contribution in [0.5, 0.6) is 5.75 Å². The van der Waals surface area contributed by atoms with Crippen LogP contribution < -0.4 is 15.3 Å². The third kappa shape index (κ3) is 4.39. The summed E-state index contributed by atoms with van der Waals surface area (Å²) >= 11 is 0. The largest absolute Gasteiger partial charge is 0.497 e. The SMILES string of the molecule is COc1ccc(/C=N/NC(=O)c2[nH]c3ccc(S(N)(=O)=O)cc3c2-c2ccccc2)cc1. The zero-order valence-electron chi connectivity index (χ0n) is 17.1. The molecule has 1 amide bonds. The minimum atomic E-state index is -3.90. The number of carbonyl (C=O) groups excluding carboxylic acids is 1. The fourth-order valence-electron chi connectivity index (χ4n) is 3.33. The number of sulfonamides is 1. The number of aromatic nitrogens is 1. The van der Waals surface area contributed by atoms with Crippen LogP contribution in [-0.2, 0) is 10.0 Å². The van der Waals surface area contributed by atoms with Gasteiger partial charge in [-0.15, -0.1) is 0 Å². The van der Waals surface area contributed by atoms with Crippen LogP contribution in [0.15, 0.2) is 82.8 Å². The number of nitrogens with zero attached hydrogens (tertiary/aromatic N) is 1. The summed E-state index contributed by atoms with van der Waals surface area (Å²) in [4.78, 5) is 16.0. The highest BCUT2D eigenvalue weighted by Crippen LogP contribution is 2.33. The van der Waals surface area contributed by atoms with E-state index in [9.17, 15) is 13.2 Å². The molecule has 0 spiro atoms. The Bertz CT molecular complexity index is 1410. The lowest BCUT2D eigenvalue weighted by Gasteiger charge is -2.05. The lowest BCUT2D eigenvalue weighted by Crippen LogP contribution is -2.18. The number of hydrazone groups is 1. The number of hydrogen-bond donors (Lipinski definition) is 3. The Hall–Kier alpha value is -3.95. The molecule has 4 aromatic rings. The molecule has 0 fully saturated rings. The van der Waals surface area contributed by atoms with Gasteiger partial charge >= 0.3 is 0 Å². The van der Waals surface area contributed by atoms with E-state index in [4.69, 9.17) is 9.88 Å². The number of fused-ring (bicyclic) bond motifs is 1. The predicted molar refractivity (Wildman–Crippen MR) is 123 cm³/mol. The summed E-state index contributed by atoms with van der Waals surface area (Å²) in [6, 6.07) is 20.8. The zero-order valence-corrected chi connectivity index (χ0v) is 17.9. The first-order valence-corrected chi connectivity index (χ1v) is 11.1. The quantitative estimate of drug-likeness (QED) is 0.309. The van der Waals surface area contributed by atoms with E-state index in [1.165, 1.54) is 18.3 Å². The number of amides is 1. The van der Waals surface area contributed by atoms with E-state index in [0.717, 1.165) is 16.9 Å². The molecule has 0 atom stereocenters. The van der Waals surface area contributed by atoms with E-state index < -0.39 is 15.9 Å². The highest BCUT2D eigenvalue weighted by Gasteiger charge is 2.20. The molecular formula is C23H20N4O4S. The van der Waals surface area contributed by atoms with E-state index in [1.54, 1.807) is 25.3 Å². The van der Waals surface area contributed by atoms with Crippen LogP contribution in [0, 0.1) is 0 Å². The minimum Gasteiger partial charge on any atom is -0.497 e. The van der Waals surface area contributed by atoms with Crippen molar-refractivity contribution < 1.29 is 17.9 Å². The maximum Gasteiger partial charge on any atom is 0.288 e. The van der Waals surface area contributed by atoms with Crippen LogP contribution >= 0.6 is 0 Å². The molecule has 4 rings (SSSR count). The maximum absolute atomic E-state index is 13.0. The molecule has 8 nitrogen and oxygen atoms in total. The maximum atomic E-state index is 13.0. The number of H-pyrrole nitrogens is 1. The first-order chi connectivity index (χ1) is 15.4. The van der Waals surface area contributed by atoms with Crippen molar-refractivity contribution in [2.24, 2.45) is 10.2 Å². The Morgan fingerprint density at radius 2 is 1.78 bits per heavy atom. The number of ether oxygens (including phenoxy) is 1. The second kappa shape index (κ2) is 8.66. The third-order valence-electron chi connectivity index (χ3n) is 4.88. The van der Waals surface area contributed by atoms with Gasteiger partial charge in [0.05, 0.1) is 18.2 Å². The summed E-state index contributed by atoms with van der Waals surface area (Å²) in [7, 11) is -2.32. The molecular weight excluding hydrogens is 428 g/mol. The van der Waals surface area contributed by atoms with Gasteiger partial charge in [0.2, 0.25) is 10.0 Å². The van der Waals surface area contributed by atoms with Gasteiger partial charge in [-0.3, -0.25) is 4.79 Å². The molecule has 32 heavy (non-hydrogen) atoms. The summed E-state index contributed by atoms with van der Waals surface area (Å²) in [5.74, 6) is 0.248. The van der Waals surface area contributed by atoms with Crippen LogP contribution in [0.2, 0.25) is 0 Å². The standard InChI is InChI=1S/C23H20N4O4S/c1-31-17-9-7-15(8-10-17)14-25-27-23(28)22-21(16-5-3-2-4-6-16)19-13-18(32(24,29)30)11-12-20(19)26-22/h2-14,26H,1H3,(H,27,28)(H2,24,29,30)/b25-14+. The van der Waals surface area contributed by atoms with E-state index in [2.05, 4.69) is 15.5 Å². The molecule has 1 aromatic heterocycles. The molecule has 3 aromatic carbocycles. The second-order valence-electron chi connectivity index (χ2n) is 6.97. The van der Waals surface area contributed by atoms with Crippen molar-refractivity contribution in [3.05, 3.63) is 84.1 Å².